The van der Waals surface area contributed by atoms with Crippen LogP contribution in [0.3, 0.4) is 0 Å². The van der Waals surface area contributed by atoms with Crippen LogP contribution in [0.1, 0.15) is 29.8 Å². The molecule has 0 saturated carbocycles. The van der Waals surface area contributed by atoms with Crippen LogP contribution in [-0.4, -0.2) is 77.7 Å². The van der Waals surface area contributed by atoms with E-state index in [0.29, 0.717) is 26.2 Å². The number of hydrogen-bond acceptors (Lipinski definition) is 6. The van der Waals surface area contributed by atoms with Gasteiger partial charge in [-0.05, 0) is 32.3 Å². The summed E-state index contributed by atoms with van der Waals surface area (Å²) < 4.78 is 35.0. The van der Waals surface area contributed by atoms with E-state index in [1.807, 2.05) is 37.3 Å². The van der Waals surface area contributed by atoms with E-state index in [9.17, 15) is 13.2 Å². The van der Waals surface area contributed by atoms with Crippen molar-refractivity contribution < 1.29 is 17.9 Å². The summed E-state index contributed by atoms with van der Waals surface area (Å²) in [5, 5.41) is 0.845. The zero-order valence-electron chi connectivity index (χ0n) is 19.3. The molecular weight excluding hydrogens is 460 g/mol. The van der Waals surface area contributed by atoms with Gasteiger partial charge in [0.25, 0.3) is 0 Å². The first kappa shape index (κ1) is 24.3. The predicted molar refractivity (Wildman–Crippen MR) is 129 cm³/mol. The molecule has 2 aliphatic rings. The number of aryl methyl sites for hydroxylation is 1. The Balaban J connectivity index is 1.30. The maximum atomic E-state index is 12.8. The van der Waals surface area contributed by atoms with Crippen molar-refractivity contribution in [3.05, 3.63) is 47.3 Å². The van der Waals surface area contributed by atoms with Crippen LogP contribution in [-0.2, 0) is 31.9 Å². The van der Waals surface area contributed by atoms with Crippen molar-refractivity contribution in [2.24, 2.45) is 0 Å². The van der Waals surface area contributed by atoms with Gasteiger partial charge >= 0.3 is 0 Å². The van der Waals surface area contributed by atoms with Gasteiger partial charge in [0, 0.05) is 38.5 Å². The third kappa shape index (κ3) is 5.98. The first-order chi connectivity index (χ1) is 15.8. The number of carbonyl (C=O) groups excluding carboxylic acids is 1. The van der Waals surface area contributed by atoms with Crippen molar-refractivity contribution in [2.45, 2.75) is 50.2 Å². The van der Waals surface area contributed by atoms with E-state index in [4.69, 9.17) is 4.74 Å². The Bertz CT molecular complexity index is 1060. The molecule has 1 atom stereocenters. The minimum Gasteiger partial charge on any atom is -0.376 e. The number of thioether (sulfide) groups is 1. The molecule has 1 aromatic heterocycles. The van der Waals surface area contributed by atoms with Crippen molar-refractivity contribution >= 4 is 27.7 Å². The van der Waals surface area contributed by atoms with Gasteiger partial charge in [-0.1, -0.05) is 42.1 Å². The van der Waals surface area contributed by atoms with Crippen LogP contribution >= 0.6 is 11.8 Å². The van der Waals surface area contributed by atoms with Crippen LogP contribution in [0.25, 0.3) is 0 Å². The SMILES string of the molecule is Cc1nc(SCC(=O)N2CCN(S(=O)(=O)Cc3ccccc3)CC2)n(C[C@@H]2CCCO2)c1C. The molecule has 2 saturated heterocycles. The molecule has 2 aliphatic heterocycles. The van der Waals surface area contributed by atoms with Crippen molar-refractivity contribution in [1.82, 2.24) is 18.8 Å². The van der Waals surface area contributed by atoms with E-state index < -0.39 is 10.0 Å². The smallest absolute Gasteiger partial charge is 0.233 e. The molecule has 0 unspecified atom stereocenters. The first-order valence-electron chi connectivity index (χ1n) is 11.4. The molecule has 33 heavy (non-hydrogen) atoms. The number of benzene rings is 1. The molecule has 10 heteroatoms. The van der Waals surface area contributed by atoms with Crippen LogP contribution in [0.2, 0.25) is 0 Å². The standard InChI is InChI=1S/C23H32N4O4S2/c1-18-19(2)27(15-21-9-6-14-31-21)23(24-18)32-16-22(28)25-10-12-26(13-11-25)33(29,30)17-20-7-4-3-5-8-20/h3-5,7-8,21H,6,9-17H2,1-2H3/t21-/m0/s1. The number of amides is 1. The maximum Gasteiger partial charge on any atom is 0.233 e. The van der Waals surface area contributed by atoms with Crippen LogP contribution < -0.4 is 0 Å². The topological polar surface area (TPSA) is 84.7 Å². The van der Waals surface area contributed by atoms with Crippen molar-refractivity contribution in [2.75, 3.05) is 38.5 Å². The van der Waals surface area contributed by atoms with Gasteiger partial charge in [-0.15, -0.1) is 0 Å². The van der Waals surface area contributed by atoms with Gasteiger partial charge in [0.05, 0.1) is 29.8 Å². The summed E-state index contributed by atoms with van der Waals surface area (Å²) in [5.74, 6) is 0.295. The fraction of sp³-hybridized carbons (Fsp3) is 0.565. The van der Waals surface area contributed by atoms with Gasteiger partial charge < -0.3 is 14.2 Å². The fourth-order valence-electron chi connectivity index (χ4n) is 4.25. The zero-order valence-corrected chi connectivity index (χ0v) is 20.9. The maximum absolute atomic E-state index is 12.8. The minimum absolute atomic E-state index is 0.0102. The van der Waals surface area contributed by atoms with E-state index in [2.05, 4.69) is 16.5 Å². The van der Waals surface area contributed by atoms with Gasteiger partial charge in [0.2, 0.25) is 15.9 Å². The van der Waals surface area contributed by atoms with E-state index >= 15 is 0 Å². The van der Waals surface area contributed by atoms with Crippen molar-refractivity contribution in [1.29, 1.82) is 0 Å². The highest BCUT2D eigenvalue weighted by Gasteiger charge is 2.29. The molecule has 0 aliphatic carbocycles. The molecule has 2 fully saturated rings. The van der Waals surface area contributed by atoms with Gasteiger partial charge in [-0.2, -0.15) is 4.31 Å². The highest BCUT2D eigenvalue weighted by Crippen LogP contribution is 2.25. The number of ether oxygens (including phenoxy) is 1. The summed E-state index contributed by atoms with van der Waals surface area (Å²) in [6.07, 6.45) is 2.35. The number of sulfonamides is 1. The third-order valence-corrected chi connectivity index (χ3v) is 9.15. The second-order valence-corrected chi connectivity index (χ2v) is 11.5. The Labute approximate surface area is 200 Å². The molecule has 180 valence electrons. The molecule has 1 amide bonds. The summed E-state index contributed by atoms with van der Waals surface area (Å²) in [6, 6.07) is 9.19. The van der Waals surface area contributed by atoms with Crippen LogP contribution in [0, 0.1) is 13.8 Å². The Morgan fingerprint density at radius 3 is 2.55 bits per heavy atom. The zero-order chi connectivity index (χ0) is 23.4. The molecule has 0 bridgehead atoms. The van der Waals surface area contributed by atoms with Crippen molar-refractivity contribution in [3.8, 4) is 0 Å². The van der Waals surface area contributed by atoms with Crippen LogP contribution in [0.5, 0.6) is 0 Å². The summed E-state index contributed by atoms with van der Waals surface area (Å²) in [6.45, 7) is 7.10. The quantitative estimate of drug-likeness (QED) is 0.527. The summed E-state index contributed by atoms with van der Waals surface area (Å²) in [4.78, 5) is 19.3. The average molecular weight is 493 g/mol. The summed E-state index contributed by atoms with van der Waals surface area (Å²) >= 11 is 1.45. The molecular formula is C23H32N4O4S2. The Morgan fingerprint density at radius 1 is 1.15 bits per heavy atom. The highest BCUT2D eigenvalue weighted by molar-refractivity contribution is 7.99. The highest BCUT2D eigenvalue weighted by atomic mass is 32.2. The van der Waals surface area contributed by atoms with Gasteiger partial charge in [-0.25, -0.2) is 13.4 Å². The molecule has 0 spiro atoms. The lowest BCUT2D eigenvalue weighted by Crippen LogP contribution is -2.51. The van der Waals surface area contributed by atoms with Gasteiger partial charge in [-0.3, -0.25) is 4.79 Å². The number of carbonyl (C=O) groups is 1. The Morgan fingerprint density at radius 2 is 1.88 bits per heavy atom. The largest absolute Gasteiger partial charge is 0.376 e. The van der Waals surface area contributed by atoms with Crippen LogP contribution in [0.15, 0.2) is 35.5 Å². The number of nitrogens with zero attached hydrogens (tertiary/aromatic N) is 4. The normalized spacial score (nSPS) is 19.8. The molecule has 3 heterocycles. The number of aromatic nitrogens is 2. The number of hydrogen-bond donors (Lipinski definition) is 0. The van der Waals surface area contributed by atoms with E-state index in [0.717, 1.165) is 48.1 Å². The lowest BCUT2D eigenvalue weighted by molar-refractivity contribution is -0.129. The second-order valence-electron chi connectivity index (χ2n) is 8.62. The Kier molecular flexibility index (Phi) is 7.78. The molecule has 2 aromatic rings. The first-order valence-corrected chi connectivity index (χ1v) is 14.0. The van der Waals surface area contributed by atoms with Crippen LogP contribution in [0.4, 0.5) is 0 Å². The minimum atomic E-state index is -3.40. The molecule has 8 nitrogen and oxygen atoms in total. The van der Waals surface area contributed by atoms with E-state index in [1.165, 1.54) is 16.1 Å². The monoisotopic (exact) mass is 492 g/mol. The molecule has 0 radical (unpaired) electrons. The Hall–Kier alpha value is -1.88. The summed E-state index contributed by atoms with van der Waals surface area (Å²) in [7, 11) is -3.40. The lowest BCUT2D eigenvalue weighted by Gasteiger charge is -2.34. The fourth-order valence-corrected chi connectivity index (χ4v) is 6.77. The summed E-state index contributed by atoms with van der Waals surface area (Å²) in [5.41, 5.74) is 2.86. The van der Waals surface area contributed by atoms with Crippen molar-refractivity contribution in [3.63, 3.8) is 0 Å². The average Bonchev–Trinajstić information content (AvgIpc) is 3.42. The molecule has 4 rings (SSSR count). The number of imidazole rings is 1. The number of piperazine rings is 1. The van der Waals surface area contributed by atoms with Gasteiger partial charge in [0.15, 0.2) is 5.16 Å². The molecule has 0 N–H and O–H groups in total. The van der Waals surface area contributed by atoms with E-state index in [1.54, 1.807) is 4.90 Å². The van der Waals surface area contributed by atoms with E-state index in [-0.39, 0.29) is 23.5 Å². The lowest BCUT2D eigenvalue weighted by atomic mass is 10.2. The molecule has 1 aromatic carbocycles. The predicted octanol–water partition coefficient (Wildman–Crippen LogP) is 2.45. The number of rotatable bonds is 8. The second kappa shape index (κ2) is 10.6. The third-order valence-electron chi connectivity index (χ3n) is 6.33. The van der Waals surface area contributed by atoms with Gasteiger partial charge in [0.1, 0.15) is 0 Å².